The van der Waals surface area contributed by atoms with Crippen molar-refractivity contribution in [2.24, 2.45) is 0 Å². The molecule has 3 rings (SSSR count). The minimum absolute atomic E-state index is 0.130. The van der Waals surface area contributed by atoms with Gasteiger partial charge < -0.3 is 10.1 Å². The van der Waals surface area contributed by atoms with Crippen LogP contribution in [0.1, 0.15) is 64.0 Å². The molecule has 0 unspecified atom stereocenters. The lowest BCUT2D eigenvalue weighted by Crippen LogP contribution is -2.48. The number of sulfonamides is 1. The first-order chi connectivity index (χ1) is 15.9. The first-order valence-corrected chi connectivity index (χ1v) is 13.5. The summed E-state index contributed by atoms with van der Waals surface area (Å²) in [6, 6.07) is 14.4. The van der Waals surface area contributed by atoms with Crippen molar-refractivity contribution in [1.82, 2.24) is 9.62 Å². The SMILES string of the molecule is CN(C1(c2ccc(CNCC(=O)OC(C)(C)C)cc2)CCCCC1)S(=O)(=O)c1ccc(Cl)cc1. The molecule has 1 saturated carbocycles. The summed E-state index contributed by atoms with van der Waals surface area (Å²) in [5.74, 6) is -0.292. The van der Waals surface area contributed by atoms with Crippen LogP contribution in [0.2, 0.25) is 5.02 Å². The molecule has 186 valence electrons. The van der Waals surface area contributed by atoms with Gasteiger partial charge in [0, 0.05) is 18.6 Å². The molecule has 1 aliphatic carbocycles. The lowest BCUT2D eigenvalue weighted by Gasteiger charge is -2.44. The molecule has 1 aliphatic rings. The van der Waals surface area contributed by atoms with Gasteiger partial charge >= 0.3 is 5.97 Å². The number of nitrogens with one attached hydrogen (secondary N) is 1. The Morgan fingerprint density at radius 1 is 1.03 bits per heavy atom. The Labute approximate surface area is 208 Å². The number of benzene rings is 2. The summed E-state index contributed by atoms with van der Waals surface area (Å²) in [5, 5.41) is 3.62. The fourth-order valence-electron chi connectivity index (χ4n) is 4.54. The van der Waals surface area contributed by atoms with E-state index in [4.69, 9.17) is 16.3 Å². The molecule has 0 atom stereocenters. The smallest absolute Gasteiger partial charge is 0.320 e. The molecule has 0 bridgehead atoms. The van der Waals surface area contributed by atoms with Crippen LogP contribution in [0.3, 0.4) is 0 Å². The molecule has 0 spiro atoms. The fourth-order valence-corrected chi connectivity index (χ4v) is 6.21. The van der Waals surface area contributed by atoms with Gasteiger partial charge in [0.15, 0.2) is 0 Å². The van der Waals surface area contributed by atoms with Crippen LogP contribution >= 0.6 is 11.6 Å². The Bertz CT molecular complexity index is 1070. The monoisotopic (exact) mass is 506 g/mol. The molecule has 8 heteroatoms. The van der Waals surface area contributed by atoms with E-state index in [1.54, 1.807) is 35.6 Å². The van der Waals surface area contributed by atoms with Crippen LogP contribution in [-0.4, -0.2) is 37.9 Å². The quantitative estimate of drug-likeness (QED) is 0.495. The van der Waals surface area contributed by atoms with Crippen LogP contribution in [0, 0.1) is 0 Å². The Morgan fingerprint density at radius 2 is 1.62 bits per heavy atom. The lowest BCUT2D eigenvalue weighted by molar-refractivity contribution is -0.153. The standard InChI is InChI=1S/C26H35ClN2O4S/c1-25(2,3)33-24(30)19-28-18-20-8-10-21(11-9-20)26(16-6-5-7-17-26)29(4)34(31,32)23-14-12-22(27)13-15-23/h8-15,28H,5-7,16-19H2,1-4H3. The van der Waals surface area contributed by atoms with Crippen LogP contribution in [0.15, 0.2) is 53.4 Å². The van der Waals surface area contributed by atoms with E-state index in [9.17, 15) is 13.2 Å². The van der Waals surface area contributed by atoms with Gasteiger partial charge in [-0.1, -0.05) is 55.1 Å². The number of halogens is 1. The average Bonchev–Trinajstić information content (AvgIpc) is 2.78. The Morgan fingerprint density at radius 3 is 2.18 bits per heavy atom. The largest absolute Gasteiger partial charge is 0.459 e. The predicted octanol–water partition coefficient (Wildman–Crippen LogP) is 5.25. The number of hydrogen-bond acceptors (Lipinski definition) is 5. The van der Waals surface area contributed by atoms with Gasteiger partial charge in [0.25, 0.3) is 0 Å². The highest BCUT2D eigenvalue weighted by Crippen LogP contribution is 2.44. The third-order valence-corrected chi connectivity index (χ3v) is 8.46. The molecule has 1 N–H and O–H groups in total. The molecule has 0 heterocycles. The number of carbonyl (C=O) groups excluding carboxylic acids is 1. The summed E-state index contributed by atoms with van der Waals surface area (Å²) >= 11 is 5.97. The Balaban J connectivity index is 1.77. The maximum Gasteiger partial charge on any atom is 0.320 e. The molecule has 34 heavy (non-hydrogen) atoms. The highest BCUT2D eigenvalue weighted by molar-refractivity contribution is 7.89. The van der Waals surface area contributed by atoms with Crippen molar-refractivity contribution in [2.45, 2.75) is 75.5 Å². The average molecular weight is 507 g/mol. The maximum atomic E-state index is 13.5. The topological polar surface area (TPSA) is 75.7 Å². The summed E-state index contributed by atoms with van der Waals surface area (Å²) in [7, 11) is -2.01. The summed E-state index contributed by atoms with van der Waals surface area (Å²) in [6.45, 7) is 6.18. The van der Waals surface area contributed by atoms with Gasteiger partial charge in [0.1, 0.15) is 5.60 Å². The molecule has 2 aromatic rings. The van der Waals surface area contributed by atoms with Gasteiger partial charge in [0.2, 0.25) is 10.0 Å². The third-order valence-electron chi connectivity index (χ3n) is 6.27. The molecular formula is C26H35ClN2O4S. The van der Waals surface area contributed by atoms with Crippen LogP contribution < -0.4 is 5.32 Å². The lowest BCUT2D eigenvalue weighted by atomic mass is 9.76. The van der Waals surface area contributed by atoms with Crippen molar-refractivity contribution < 1.29 is 17.9 Å². The van der Waals surface area contributed by atoms with E-state index in [0.717, 1.165) is 43.2 Å². The number of ether oxygens (including phenoxy) is 1. The molecule has 0 amide bonds. The van der Waals surface area contributed by atoms with Crippen molar-refractivity contribution in [3.63, 3.8) is 0 Å². The second-order valence-corrected chi connectivity index (χ2v) is 12.3. The van der Waals surface area contributed by atoms with E-state index in [1.165, 1.54) is 0 Å². The summed E-state index contributed by atoms with van der Waals surface area (Å²) in [5.41, 5.74) is 0.899. The second kappa shape index (κ2) is 10.8. The predicted molar refractivity (Wildman–Crippen MR) is 135 cm³/mol. The fraction of sp³-hybridized carbons (Fsp3) is 0.500. The number of esters is 1. The minimum atomic E-state index is -3.70. The van der Waals surface area contributed by atoms with Crippen molar-refractivity contribution in [3.8, 4) is 0 Å². The zero-order valence-corrected chi connectivity index (χ0v) is 22.0. The van der Waals surface area contributed by atoms with E-state index < -0.39 is 21.2 Å². The van der Waals surface area contributed by atoms with E-state index in [2.05, 4.69) is 5.32 Å². The van der Waals surface area contributed by atoms with E-state index >= 15 is 0 Å². The Kier molecular flexibility index (Phi) is 8.45. The molecule has 0 aliphatic heterocycles. The third kappa shape index (κ3) is 6.39. The van der Waals surface area contributed by atoms with Crippen molar-refractivity contribution in [1.29, 1.82) is 0 Å². The number of hydrogen-bond donors (Lipinski definition) is 1. The van der Waals surface area contributed by atoms with Crippen LogP contribution in [0.4, 0.5) is 0 Å². The summed E-state index contributed by atoms with van der Waals surface area (Å²) in [4.78, 5) is 12.1. The zero-order valence-electron chi connectivity index (χ0n) is 20.4. The van der Waals surface area contributed by atoms with Crippen LogP contribution in [0.25, 0.3) is 0 Å². The van der Waals surface area contributed by atoms with E-state index in [-0.39, 0.29) is 17.4 Å². The van der Waals surface area contributed by atoms with Crippen molar-refractivity contribution in [2.75, 3.05) is 13.6 Å². The normalized spacial score (nSPS) is 16.4. The van der Waals surface area contributed by atoms with Gasteiger partial charge in [-0.05, 0) is 69.0 Å². The summed E-state index contributed by atoms with van der Waals surface area (Å²) < 4.78 is 33.9. The Hall–Kier alpha value is -1.93. The van der Waals surface area contributed by atoms with Crippen molar-refractivity contribution >= 4 is 27.6 Å². The molecule has 1 fully saturated rings. The number of carbonyl (C=O) groups is 1. The first kappa shape index (κ1) is 26.7. The molecule has 6 nitrogen and oxygen atoms in total. The maximum absolute atomic E-state index is 13.5. The molecule has 0 radical (unpaired) electrons. The summed E-state index contributed by atoms with van der Waals surface area (Å²) in [6.07, 6.45) is 4.59. The molecule has 2 aromatic carbocycles. The number of rotatable bonds is 8. The molecular weight excluding hydrogens is 472 g/mol. The van der Waals surface area contributed by atoms with Gasteiger partial charge in [-0.25, -0.2) is 8.42 Å². The number of nitrogens with zero attached hydrogens (tertiary/aromatic N) is 1. The van der Waals surface area contributed by atoms with E-state index in [1.807, 2.05) is 45.0 Å². The van der Waals surface area contributed by atoms with Crippen LogP contribution in [-0.2, 0) is 31.6 Å². The van der Waals surface area contributed by atoms with Gasteiger partial charge in [-0.2, -0.15) is 4.31 Å². The molecule has 0 aromatic heterocycles. The van der Waals surface area contributed by atoms with Gasteiger partial charge in [0.05, 0.1) is 17.0 Å². The van der Waals surface area contributed by atoms with E-state index in [0.29, 0.717) is 11.6 Å². The highest BCUT2D eigenvalue weighted by Gasteiger charge is 2.43. The highest BCUT2D eigenvalue weighted by atomic mass is 35.5. The van der Waals surface area contributed by atoms with Gasteiger partial charge in [-0.15, -0.1) is 0 Å². The second-order valence-electron chi connectivity index (χ2n) is 9.91. The first-order valence-electron chi connectivity index (χ1n) is 11.7. The van der Waals surface area contributed by atoms with Gasteiger partial charge in [-0.3, -0.25) is 4.79 Å². The van der Waals surface area contributed by atoms with Crippen LogP contribution in [0.5, 0.6) is 0 Å². The zero-order chi connectivity index (χ0) is 25.0. The molecule has 0 saturated heterocycles. The van der Waals surface area contributed by atoms with Crippen molar-refractivity contribution in [3.05, 3.63) is 64.7 Å². The minimum Gasteiger partial charge on any atom is -0.459 e.